The summed E-state index contributed by atoms with van der Waals surface area (Å²) in [5.74, 6) is 18.2. The molecule has 0 spiro atoms. The standard InChI is InChI=1S/C24H18O4/c1-3-17-25-21-13-7-9-15-23(21)27-19-11-5-6-12-20-28-24-16-10-8-14-22(24)26-18-4-2/h1-2,7-10,13-16H,17-20H2. The summed E-state index contributed by atoms with van der Waals surface area (Å²) in [6.07, 6.45) is 10.4. The second-order valence-electron chi connectivity index (χ2n) is 5.06. The highest BCUT2D eigenvalue weighted by atomic mass is 16.5. The topological polar surface area (TPSA) is 36.9 Å². The molecule has 0 aromatic heterocycles. The Morgan fingerprint density at radius 3 is 1.18 bits per heavy atom. The van der Waals surface area contributed by atoms with Crippen LogP contribution >= 0.6 is 0 Å². The van der Waals surface area contributed by atoms with Crippen LogP contribution in [-0.4, -0.2) is 26.4 Å². The van der Waals surface area contributed by atoms with Gasteiger partial charge in [-0.15, -0.1) is 12.8 Å². The predicted octanol–water partition coefficient (Wildman–Crippen LogP) is 3.18. The Bertz CT molecular complexity index is 890. The van der Waals surface area contributed by atoms with E-state index in [1.165, 1.54) is 0 Å². The van der Waals surface area contributed by atoms with Crippen molar-refractivity contribution in [2.45, 2.75) is 0 Å². The SMILES string of the molecule is C#CCOc1ccccc1OCC#CC#CCOc1ccccc1OCC#C. The molecule has 2 aromatic rings. The highest BCUT2D eigenvalue weighted by molar-refractivity contribution is 5.41. The van der Waals surface area contributed by atoms with Crippen molar-refractivity contribution in [2.24, 2.45) is 0 Å². The van der Waals surface area contributed by atoms with Crippen LogP contribution in [0.15, 0.2) is 48.5 Å². The Balaban J connectivity index is 1.79. The normalized spacial score (nSPS) is 8.64. The van der Waals surface area contributed by atoms with E-state index in [0.29, 0.717) is 23.0 Å². The van der Waals surface area contributed by atoms with E-state index >= 15 is 0 Å². The largest absolute Gasteiger partial charge is 0.477 e. The fourth-order valence-electron chi connectivity index (χ4n) is 2.00. The van der Waals surface area contributed by atoms with Gasteiger partial charge in [-0.05, 0) is 47.9 Å². The maximum Gasteiger partial charge on any atom is 0.162 e. The fraction of sp³-hybridized carbons (Fsp3) is 0.167. The first-order valence-corrected chi connectivity index (χ1v) is 8.37. The van der Waals surface area contributed by atoms with Gasteiger partial charge in [-0.2, -0.15) is 0 Å². The summed E-state index contributed by atoms with van der Waals surface area (Å²) in [6.45, 7) is 0.701. The molecule has 28 heavy (non-hydrogen) atoms. The smallest absolute Gasteiger partial charge is 0.162 e. The minimum Gasteiger partial charge on any atom is -0.477 e. The summed E-state index contributed by atoms with van der Waals surface area (Å²) in [4.78, 5) is 0. The molecule has 0 saturated carbocycles. The third kappa shape index (κ3) is 7.01. The summed E-state index contributed by atoms with van der Waals surface area (Å²) < 4.78 is 21.9. The molecular formula is C24H18O4. The van der Waals surface area contributed by atoms with Gasteiger partial charge in [0, 0.05) is 0 Å². The van der Waals surface area contributed by atoms with Gasteiger partial charge in [0.25, 0.3) is 0 Å². The lowest BCUT2D eigenvalue weighted by Crippen LogP contribution is -2.00. The highest BCUT2D eigenvalue weighted by Crippen LogP contribution is 2.26. The summed E-state index contributed by atoms with van der Waals surface area (Å²) in [5, 5.41) is 0. The van der Waals surface area contributed by atoms with Gasteiger partial charge in [-0.1, -0.05) is 36.1 Å². The minimum atomic E-state index is 0.175. The Labute approximate surface area is 165 Å². The third-order valence-electron chi connectivity index (χ3n) is 3.16. The molecule has 2 rings (SSSR count). The van der Waals surface area contributed by atoms with Crippen LogP contribution in [0.4, 0.5) is 0 Å². The van der Waals surface area contributed by atoms with E-state index in [4.69, 9.17) is 31.8 Å². The monoisotopic (exact) mass is 370 g/mol. The molecule has 0 aliphatic carbocycles. The van der Waals surface area contributed by atoms with Gasteiger partial charge in [0.2, 0.25) is 0 Å². The fourth-order valence-corrected chi connectivity index (χ4v) is 2.00. The summed E-state index contributed by atoms with van der Waals surface area (Å²) >= 11 is 0. The van der Waals surface area contributed by atoms with Gasteiger partial charge in [0.1, 0.15) is 26.4 Å². The van der Waals surface area contributed by atoms with Crippen LogP contribution in [0.5, 0.6) is 23.0 Å². The Hall–Kier alpha value is -4.12. The Kier molecular flexibility index (Phi) is 8.85. The first-order valence-electron chi connectivity index (χ1n) is 8.37. The van der Waals surface area contributed by atoms with Crippen LogP contribution in [0.2, 0.25) is 0 Å². The van der Waals surface area contributed by atoms with E-state index in [-0.39, 0.29) is 26.4 Å². The molecule has 0 N–H and O–H groups in total. The minimum absolute atomic E-state index is 0.175. The molecule has 2 aromatic carbocycles. The van der Waals surface area contributed by atoms with Crippen molar-refractivity contribution >= 4 is 0 Å². The highest BCUT2D eigenvalue weighted by Gasteiger charge is 2.03. The van der Waals surface area contributed by atoms with Gasteiger partial charge in [-0.3, -0.25) is 0 Å². The first kappa shape index (κ1) is 20.2. The predicted molar refractivity (Wildman–Crippen MR) is 108 cm³/mol. The average Bonchev–Trinajstić information content (AvgIpc) is 2.74. The van der Waals surface area contributed by atoms with E-state index < -0.39 is 0 Å². The average molecular weight is 370 g/mol. The molecule has 4 nitrogen and oxygen atoms in total. The maximum absolute atomic E-state index is 5.56. The van der Waals surface area contributed by atoms with E-state index in [1.54, 1.807) is 24.3 Å². The number of para-hydroxylation sites is 4. The lowest BCUT2D eigenvalue weighted by molar-refractivity contribution is 0.314. The number of hydrogen-bond donors (Lipinski definition) is 0. The van der Waals surface area contributed by atoms with Gasteiger partial charge >= 0.3 is 0 Å². The van der Waals surface area contributed by atoms with Crippen molar-refractivity contribution in [1.29, 1.82) is 0 Å². The maximum atomic E-state index is 5.56. The van der Waals surface area contributed by atoms with E-state index in [9.17, 15) is 0 Å². The van der Waals surface area contributed by atoms with Crippen molar-refractivity contribution < 1.29 is 18.9 Å². The zero-order valence-corrected chi connectivity index (χ0v) is 15.2. The van der Waals surface area contributed by atoms with Gasteiger partial charge in [-0.25, -0.2) is 0 Å². The molecule has 0 aliphatic rings. The molecule has 138 valence electrons. The van der Waals surface area contributed by atoms with Crippen molar-refractivity contribution in [3.05, 3.63) is 48.5 Å². The Morgan fingerprint density at radius 1 is 0.536 bits per heavy atom. The molecule has 0 radical (unpaired) electrons. The van der Waals surface area contributed by atoms with Crippen LogP contribution in [-0.2, 0) is 0 Å². The third-order valence-corrected chi connectivity index (χ3v) is 3.16. The second-order valence-corrected chi connectivity index (χ2v) is 5.06. The van der Waals surface area contributed by atoms with Crippen LogP contribution in [0, 0.1) is 48.4 Å². The number of terminal acetylenes is 2. The van der Waals surface area contributed by atoms with Gasteiger partial charge < -0.3 is 18.9 Å². The van der Waals surface area contributed by atoms with Crippen molar-refractivity contribution in [2.75, 3.05) is 26.4 Å². The Morgan fingerprint density at radius 2 is 0.857 bits per heavy atom. The summed E-state index contributed by atoms with van der Waals surface area (Å²) in [5.41, 5.74) is 0. The molecule has 0 heterocycles. The van der Waals surface area contributed by atoms with Crippen molar-refractivity contribution in [3.63, 3.8) is 0 Å². The first-order chi connectivity index (χ1) is 13.8. The summed E-state index contributed by atoms with van der Waals surface area (Å²) in [7, 11) is 0. The quantitative estimate of drug-likeness (QED) is 0.669. The molecule has 0 amide bonds. The second kappa shape index (κ2) is 12.3. The van der Waals surface area contributed by atoms with E-state index in [2.05, 4.69) is 35.5 Å². The van der Waals surface area contributed by atoms with Crippen molar-refractivity contribution in [1.82, 2.24) is 0 Å². The summed E-state index contributed by atoms with van der Waals surface area (Å²) in [6, 6.07) is 14.5. The van der Waals surface area contributed by atoms with Gasteiger partial charge in [0.15, 0.2) is 23.0 Å². The zero-order valence-electron chi connectivity index (χ0n) is 15.2. The number of benzene rings is 2. The van der Waals surface area contributed by atoms with E-state index in [0.717, 1.165) is 0 Å². The van der Waals surface area contributed by atoms with E-state index in [1.807, 2.05) is 24.3 Å². The van der Waals surface area contributed by atoms with Crippen LogP contribution in [0.1, 0.15) is 0 Å². The van der Waals surface area contributed by atoms with Crippen LogP contribution < -0.4 is 18.9 Å². The lowest BCUT2D eigenvalue weighted by Gasteiger charge is -2.08. The molecule has 0 unspecified atom stereocenters. The molecule has 0 bridgehead atoms. The molecule has 0 fully saturated rings. The molecule has 0 aliphatic heterocycles. The zero-order chi connectivity index (χ0) is 19.9. The molecule has 0 atom stereocenters. The molecular weight excluding hydrogens is 352 g/mol. The molecule has 4 heteroatoms. The number of hydrogen-bond acceptors (Lipinski definition) is 4. The van der Waals surface area contributed by atoms with Gasteiger partial charge in [0.05, 0.1) is 0 Å². The van der Waals surface area contributed by atoms with Crippen LogP contribution in [0.3, 0.4) is 0 Å². The van der Waals surface area contributed by atoms with Crippen molar-refractivity contribution in [3.8, 4) is 71.4 Å². The van der Waals surface area contributed by atoms with Crippen LogP contribution in [0.25, 0.3) is 0 Å². The lowest BCUT2D eigenvalue weighted by atomic mass is 10.3. The number of rotatable bonds is 8. The molecule has 0 saturated heterocycles. The number of ether oxygens (including phenoxy) is 4.